The maximum Gasteiger partial charge on any atom is 0.256 e. The standard InChI is InChI=1S/C18H24N2O/c1-5-14-6-8-15(9-7-14)17-10-13(4)16(11-19)18(21)20(17)12(2)3/h6-10,12H,5,11,19H2,1-4H3. The molecule has 0 bridgehead atoms. The minimum absolute atomic E-state index is 0.0297. The molecule has 3 heteroatoms. The first-order valence-corrected chi connectivity index (χ1v) is 7.54. The fraction of sp³-hybridized carbons (Fsp3) is 0.389. The Morgan fingerprint density at radius 1 is 1.19 bits per heavy atom. The first-order chi connectivity index (χ1) is 9.99. The van der Waals surface area contributed by atoms with Crippen molar-refractivity contribution in [2.75, 3.05) is 0 Å². The fourth-order valence-electron chi connectivity index (χ4n) is 2.68. The minimum Gasteiger partial charge on any atom is -0.326 e. The zero-order valence-electron chi connectivity index (χ0n) is 13.3. The molecule has 1 aromatic carbocycles. The van der Waals surface area contributed by atoms with E-state index in [-0.39, 0.29) is 18.1 Å². The van der Waals surface area contributed by atoms with Gasteiger partial charge in [0.25, 0.3) is 5.56 Å². The molecule has 0 saturated heterocycles. The normalized spacial score (nSPS) is 11.1. The highest BCUT2D eigenvalue weighted by molar-refractivity contribution is 5.61. The molecular weight excluding hydrogens is 260 g/mol. The molecule has 3 nitrogen and oxygen atoms in total. The Hall–Kier alpha value is -1.87. The van der Waals surface area contributed by atoms with E-state index in [1.807, 2.05) is 25.3 Å². The van der Waals surface area contributed by atoms with Crippen molar-refractivity contribution in [3.63, 3.8) is 0 Å². The van der Waals surface area contributed by atoms with Crippen LogP contribution in [-0.2, 0) is 13.0 Å². The smallest absolute Gasteiger partial charge is 0.256 e. The van der Waals surface area contributed by atoms with Gasteiger partial charge in [0.2, 0.25) is 0 Å². The van der Waals surface area contributed by atoms with E-state index in [0.717, 1.165) is 23.2 Å². The number of hydrogen-bond donors (Lipinski definition) is 1. The van der Waals surface area contributed by atoms with Crippen molar-refractivity contribution in [2.24, 2.45) is 5.73 Å². The van der Waals surface area contributed by atoms with Crippen molar-refractivity contribution in [2.45, 2.75) is 46.7 Å². The van der Waals surface area contributed by atoms with Gasteiger partial charge in [-0.25, -0.2) is 0 Å². The van der Waals surface area contributed by atoms with Gasteiger partial charge in [-0.3, -0.25) is 4.79 Å². The zero-order valence-corrected chi connectivity index (χ0v) is 13.3. The summed E-state index contributed by atoms with van der Waals surface area (Å²) in [5.41, 5.74) is 10.8. The second kappa shape index (κ2) is 6.27. The van der Waals surface area contributed by atoms with E-state index in [2.05, 4.69) is 37.3 Å². The fourth-order valence-corrected chi connectivity index (χ4v) is 2.68. The van der Waals surface area contributed by atoms with Crippen LogP contribution in [0, 0.1) is 6.92 Å². The molecule has 0 amide bonds. The van der Waals surface area contributed by atoms with Gasteiger partial charge in [-0.05, 0) is 49.9 Å². The van der Waals surface area contributed by atoms with Crippen molar-refractivity contribution in [3.05, 3.63) is 57.4 Å². The maximum absolute atomic E-state index is 12.7. The number of nitrogens with zero attached hydrogens (tertiary/aromatic N) is 1. The van der Waals surface area contributed by atoms with Crippen molar-refractivity contribution in [3.8, 4) is 11.3 Å². The zero-order chi connectivity index (χ0) is 15.6. The summed E-state index contributed by atoms with van der Waals surface area (Å²) >= 11 is 0. The molecule has 0 saturated carbocycles. The lowest BCUT2D eigenvalue weighted by molar-refractivity contribution is 0.578. The van der Waals surface area contributed by atoms with Gasteiger partial charge in [0.15, 0.2) is 0 Å². The Morgan fingerprint density at radius 2 is 1.81 bits per heavy atom. The van der Waals surface area contributed by atoms with Gasteiger partial charge in [-0.15, -0.1) is 0 Å². The van der Waals surface area contributed by atoms with E-state index in [9.17, 15) is 4.79 Å². The maximum atomic E-state index is 12.7. The number of aryl methyl sites for hydroxylation is 2. The Balaban J connectivity index is 2.69. The third-order valence-corrected chi connectivity index (χ3v) is 3.94. The van der Waals surface area contributed by atoms with Gasteiger partial charge in [-0.1, -0.05) is 31.2 Å². The van der Waals surface area contributed by atoms with Crippen molar-refractivity contribution in [1.82, 2.24) is 4.57 Å². The Bertz CT molecular complexity index is 682. The van der Waals surface area contributed by atoms with Gasteiger partial charge < -0.3 is 10.3 Å². The summed E-state index contributed by atoms with van der Waals surface area (Å²) in [5.74, 6) is 0. The highest BCUT2D eigenvalue weighted by atomic mass is 16.1. The molecule has 1 aromatic heterocycles. The monoisotopic (exact) mass is 284 g/mol. The first kappa shape index (κ1) is 15.5. The van der Waals surface area contributed by atoms with Crippen LogP contribution < -0.4 is 11.3 Å². The molecule has 0 aliphatic carbocycles. The molecule has 2 N–H and O–H groups in total. The SMILES string of the molecule is CCc1ccc(-c2cc(C)c(CN)c(=O)n2C(C)C)cc1. The quantitative estimate of drug-likeness (QED) is 0.935. The number of rotatable bonds is 4. The molecular formula is C18H24N2O. The average Bonchev–Trinajstić information content (AvgIpc) is 2.46. The minimum atomic E-state index is 0.0297. The Morgan fingerprint density at radius 3 is 2.29 bits per heavy atom. The topological polar surface area (TPSA) is 48.0 Å². The number of hydrogen-bond acceptors (Lipinski definition) is 2. The van der Waals surface area contributed by atoms with E-state index in [1.165, 1.54) is 5.56 Å². The molecule has 0 unspecified atom stereocenters. The second-order valence-corrected chi connectivity index (χ2v) is 5.71. The summed E-state index contributed by atoms with van der Waals surface area (Å²) < 4.78 is 1.84. The van der Waals surface area contributed by atoms with Crippen LogP contribution in [0.3, 0.4) is 0 Å². The molecule has 0 spiro atoms. The predicted octanol–water partition coefficient (Wildman–Crippen LogP) is 3.43. The van der Waals surface area contributed by atoms with Crippen LogP contribution in [-0.4, -0.2) is 4.57 Å². The van der Waals surface area contributed by atoms with E-state index < -0.39 is 0 Å². The van der Waals surface area contributed by atoms with Crippen LogP contribution in [0.4, 0.5) is 0 Å². The molecule has 0 aliphatic rings. The molecule has 1 heterocycles. The summed E-state index contributed by atoms with van der Waals surface area (Å²) in [7, 11) is 0. The van der Waals surface area contributed by atoms with Gasteiger partial charge in [0.05, 0.1) is 5.69 Å². The van der Waals surface area contributed by atoms with Crippen LogP contribution in [0.15, 0.2) is 35.1 Å². The van der Waals surface area contributed by atoms with Crippen LogP contribution in [0.5, 0.6) is 0 Å². The Labute approximate surface area is 126 Å². The number of pyridine rings is 1. The highest BCUT2D eigenvalue weighted by Crippen LogP contribution is 2.24. The lowest BCUT2D eigenvalue weighted by Gasteiger charge is -2.19. The highest BCUT2D eigenvalue weighted by Gasteiger charge is 2.15. The molecule has 2 aromatic rings. The van der Waals surface area contributed by atoms with Gasteiger partial charge >= 0.3 is 0 Å². The van der Waals surface area contributed by atoms with Crippen molar-refractivity contribution >= 4 is 0 Å². The summed E-state index contributed by atoms with van der Waals surface area (Å²) in [6.45, 7) is 8.44. The second-order valence-electron chi connectivity index (χ2n) is 5.71. The lowest BCUT2D eigenvalue weighted by Crippen LogP contribution is -2.29. The van der Waals surface area contributed by atoms with Crippen molar-refractivity contribution in [1.29, 1.82) is 0 Å². The van der Waals surface area contributed by atoms with Crippen molar-refractivity contribution < 1.29 is 0 Å². The molecule has 112 valence electrons. The van der Waals surface area contributed by atoms with E-state index in [4.69, 9.17) is 5.73 Å². The molecule has 0 atom stereocenters. The largest absolute Gasteiger partial charge is 0.326 e. The van der Waals surface area contributed by atoms with Crippen LogP contribution in [0.25, 0.3) is 11.3 Å². The van der Waals surface area contributed by atoms with Crippen LogP contribution in [0.2, 0.25) is 0 Å². The molecule has 0 aliphatic heterocycles. The summed E-state index contributed by atoms with van der Waals surface area (Å²) in [6, 6.07) is 10.6. The number of aromatic nitrogens is 1. The molecule has 0 fully saturated rings. The van der Waals surface area contributed by atoms with E-state index >= 15 is 0 Å². The third kappa shape index (κ3) is 2.93. The summed E-state index contributed by atoms with van der Waals surface area (Å²) in [5, 5.41) is 0. The van der Waals surface area contributed by atoms with Crippen LogP contribution in [0.1, 0.15) is 43.5 Å². The van der Waals surface area contributed by atoms with Crippen LogP contribution >= 0.6 is 0 Å². The Kier molecular flexibility index (Phi) is 4.63. The molecule has 0 radical (unpaired) electrons. The van der Waals surface area contributed by atoms with Gasteiger partial charge in [0.1, 0.15) is 0 Å². The summed E-state index contributed by atoms with van der Waals surface area (Å²) in [6.07, 6.45) is 1.02. The van der Waals surface area contributed by atoms with Gasteiger partial charge in [-0.2, -0.15) is 0 Å². The number of benzene rings is 1. The summed E-state index contributed by atoms with van der Waals surface area (Å²) in [4.78, 5) is 12.7. The van der Waals surface area contributed by atoms with E-state index in [0.29, 0.717) is 5.56 Å². The molecule has 2 rings (SSSR count). The average molecular weight is 284 g/mol. The predicted molar refractivity (Wildman–Crippen MR) is 88.5 cm³/mol. The van der Waals surface area contributed by atoms with E-state index in [1.54, 1.807) is 0 Å². The molecule has 21 heavy (non-hydrogen) atoms. The third-order valence-electron chi connectivity index (χ3n) is 3.94. The lowest BCUT2D eigenvalue weighted by atomic mass is 10.0. The van der Waals surface area contributed by atoms with Gasteiger partial charge in [0, 0.05) is 18.2 Å². The number of nitrogens with two attached hydrogens (primary N) is 1. The first-order valence-electron chi connectivity index (χ1n) is 7.54.